The summed E-state index contributed by atoms with van der Waals surface area (Å²) in [6.07, 6.45) is 1.42. The van der Waals surface area contributed by atoms with Gasteiger partial charge in [-0.25, -0.2) is 4.79 Å². The van der Waals surface area contributed by atoms with E-state index in [0.717, 1.165) is 12.2 Å². The second-order valence-electron chi connectivity index (χ2n) is 4.08. The highest BCUT2D eigenvalue weighted by molar-refractivity contribution is 6.32. The first-order valence-corrected chi connectivity index (χ1v) is 6.22. The Morgan fingerprint density at radius 3 is 2.37 bits per heavy atom. The molecule has 0 atom stereocenters. The Labute approximate surface area is 112 Å². The molecule has 1 aromatic carbocycles. The number of rotatable bonds is 6. The van der Waals surface area contributed by atoms with Crippen LogP contribution in [0.2, 0.25) is 0 Å². The summed E-state index contributed by atoms with van der Waals surface area (Å²) >= 11 is 0. The van der Waals surface area contributed by atoms with Crippen LogP contribution in [0.3, 0.4) is 0 Å². The number of unbranched alkanes of at least 4 members (excludes halogenated alkanes) is 1. The number of hydrogen-bond acceptors (Lipinski definition) is 4. The molecule has 1 amide bonds. The van der Waals surface area contributed by atoms with Crippen LogP contribution in [-0.2, 0) is 14.3 Å². The van der Waals surface area contributed by atoms with Crippen LogP contribution in [-0.4, -0.2) is 32.1 Å². The SMILES string of the molecule is CNC(=O)C(=O)OCCCCOc1ccc(C)cc1. The number of benzene rings is 1. The molecule has 0 aliphatic heterocycles. The molecule has 5 heteroatoms. The lowest BCUT2D eigenvalue weighted by Crippen LogP contribution is -2.29. The van der Waals surface area contributed by atoms with Crippen molar-refractivity contribution in [3.8, 4) is 5.75 Å². The number of amides is 1. The molecule has 1 aromatic rings. The molecule has 0 aromatic heterocycles. The second kappa shape index (κ2) is 8.13. The van der Waals surface area contributed by atoms with Gasteiger partial charge in [0, 0.05) is 7.05 Å². The Kier molecular flexibility index (Phi) is 6.43. The first-order valence-electron chi connectivity index (χ1n) is 6.22. The van der Waals surface area contributed by atoms with E-state index in [0.29, 0.717) is 13.0 Å². The molecular weight excluding hydrogens is 246 g/mol. The minimum atomic E-state index is -0.845. The zero-order valence-corrected chi connectivity index (χ0v) is 11.3. The average Bonchev–Trinajstić information content (AvgIpc) is 2.43. The maximum Gasteiger partial charge on any atom is 0.396 e. The van der Waals surface area contributed by atoms with E-state index in [2.05, 4.69) is 5.32 Å². The molecule has 0 fully saturated rings. The third-order valence-electron chi connectivity index (χ3n) is 2.47. The van der Waals surface area contributed by atoms with Gasteiger partial charge >= 0.3 is 11.9 Å². The number of nitrogens with one attached hydrogen (secondary N) is 1. The zero-order chi connectivity index (χ0) is 14.1. The molecule has 104 valence electrons. The van der Waals surface area contributed by atoms with Crippen molar-refractivity contribution in [3.05, 3.63) is 29.8 Å². The molecule has 0 spiro atoms. The largest absolute Gasteiger partial charge is 0.494 e. The molecule has 0 aliphatic carbocycles. The second-order valence-corrected chi connectivity index (χ2v) is 4.08. The van der Waals surface area contributed by atoms with Crippen LogP contribution in [0, 0.1) is 6.92 Å². The summed E-state index contributed by atoms with van der Waals surface area (Å²) in [7, 11) is 1.39. The van der Waals surface area contributed by atoms with Crippen molar-refractivity contribution >= 4 is 11.9 Å². The first kappa shape index (κ1) is 15.0. The van der Waals surface area contributed by atoms with Crippen molar-refractivity contribution in [3.63, 3.8) is 0 Å². The van der Waals surface area contributed by atoms with Crippen LogP contribution < -0.4 is 10.1 Å². The van der Waals surface area contributed by atoms with Crippen molar-refractivity contribution in [2.24, 2.45) is 0 Å². The van der Waals surface area contributed by atoms with Crippen molar-refractivity contribution in [2.45, 2.75) is 19.8 Å². The molecule has 5 nitrogen and oxygen atoms in total. The summed E-state index contributed by atoms with van der Waals surface area (Å²) in [5, 5.41) is 2.20. The van der Waals surface area contributed by atoms with Crippen molar-refractivity contribution < 1.29 is 19.1 Å². The monoisotopic (exact) mass is 265 g/mol. The smallest absolute Gasteiger partial charge is 0.396 e. The Bertz CT molecular complexity index is 414. The number of hydrogen-bond donors (Lipinski definition) is 1. The van der Waals surface area contributed by atoms with Gasteiger partial charge in [-0.1, -0.05) is 17.7 Å². The van der Waals surface area contributed by atoms with Gasteiger partial charge in [-0.15, -0.1) is 0 Å². The summed E-state index contributed by atoms with van der Waals surface area (Å²) in [4.78, 5) is 21.8. The van der Waals surface area contributed by atoms with Crippen LogP contribution in [0.4, 0.5) is 0 Å². The van der Waals surface area contributed by atoms with E-state index < -0.39 is 11.9 Å². The number of esters is 1. The fourth-order valence-electron chi connectivity index (χ4n) is 1.36. The van der Waals surface area contributed by atoms with Gasteiger partial charge in [0.25, 0.3) is 0 Å². The van der Waals surface area contributed by atoms with Gasteiger partial charge < -0.3 is 14.8 Å². The minimum Gasteiger partial charge on any atom is -0.494 e. The highest BCUT2D eigenvalue weighted by Gasteiger charge is 2.11. The van der Waals surface area contributed by atoms with Gasteiger partial charge in [-0.3, -0.25) is 4.79 Å². The highest BCUT2D eigenvalue weighted by Crippen LogP contribution is 2.11. The molecule has 0 bridgehead atoms. The quantitative estimate of drug-likeness (QED) is 0.480. The minimum absolute atomic E-state index is 0.226. The van der Waals surface area contributed by atoms with E-state index in [9.17, 15) is 9.59 Å². The number of ether oxygens (including phenoxy) is 2. The predicted octanol–water partition coefficient (Wildman–Crippen LogP) is 1.44. The lowest BCUT2D eigenvalue weighted by Gasteiger charge is -2.06. The molecular formula is C14H19NO4. The molecule has 0 unspecified atom stereocenters. The molecule has 0 aliphatic rings. The standard InChI is InChI=1S/C14H19NO4/c1-11-5-7-12(8-6-11)18-9-3-4-10-19-14(17)13(16)15-2/h5-8H,3-4,9-10H2,1-2H3,(H,15,16). The van der Waals surface area contributed by atoms with Gasteiger partial charge in [0.1, 0.15) is 5.75 Å². The number of carbonyl (C=O) groups is 2. The normalized spacial score (nSPS) is 9.79. The number of aryl methyl sites for hydroxylation is 1. The molecule has 0 radical (unpaired) electrons. The van der Waals surface area contributed by atoms with E-state index in [1.807, 2.05) is 31.2 Å². The lowest BCUT2D eigenvalue weighted by atomic mass is 10.2. The summed E-state index contributed by atoms with van der Waals surface area (Å²) in [5.74, 6) is -0.745. The van der Waals surface area contributed by atoms with Crippen LogP contribution >= 0.6 is 0 Å². The van der Waals surface area contributed by atoms with E-state index in [1.165, 1.54) is 12.6 Å². The molecule has 0 saturated carbocycles. The van der Waals surface area contributed by atoms with Crippen molar-refractivity contribution in [1.82, 2.24) is 5.32 Å². The summed E-state index contributed by atoms with van der Waals surface area (Å²) in [5.41, 5.74) is 1.19. The fourth-order valence-corrected chi connectivity index (χ4v) is 1.36. The Morgan fingerprint density at radius 2 is 1.74 bits per heavy atom. The Hall–Kier alpha value is -2.04. The van der Waals surface area contributed by atoms with Crippen LogP contribution in [0.5, 0.6) is 5.75 Å². The predicted molar refractivity (Wildman–Crippen MR) is 70.9 cm³/mol. The van der Waals surface area contributed by atoms with Gasteiger partial charge in [-0.2, -0.15) is 0 Å². The van der Waals surface area contributed by atoms with Crippen LogP contribution in [0.15, 0.2) is 24.3 Å². The molecule has 0 saturated heterocycles. The maximum atomic E-state index is 11.0. The Balaban J connectivity index is 2.07. The van der Waals surface area contributed by atoms with Gasteiger partial charge in [0.2, 0.25) is 0 Å². The number of carbonyl (C=O) groups excluding carboxylic acids is 2. The van der Waals surface area contributed by atoms with E-state index in [1.54, 1.807) is 0 Å². The van der Waals surface area contributed by atoms with Gasteiger partial charge in [0.15, 0.2) is 0 Å². The first-order chi connectivity index (χ1) is 9.13. The van der Waals surface area contributed by atoms with E-state index in [4.69, 9.17) is 9.47 Å². The lowest BCUT2D eigenvalue weighted by molar-refractivity contribution is -0.154. The summed E-state index contributed by atoms with van der Waals surface area (Å²) in [6, 6.07) is 7.81. The highest BCUT2D eigenvalue weighted by atomic mass is 16.5. The molecule has 1 rings (SSSR count). The average molecular weight is 265 g/mol. The van der Waals surface area contributed by atoms with Gasteiger partial charge in [0.05, 0.1) is 13.2 Å². The summed E-state index contributed by atoms with van der Waals surface area (Å²) in [6.45, 7) is 2.80. The van der Waals surface area contributed by atoms with Crippen molar-refractivity contribution in [1.29, 1.82) is 0 Å². The van der Waals surface area contributed by atoms with E-state index >= 15 is 0 Å². The van der Waals surface area contributed by atoms with Gasteiger partial charge in [-0.05, 0) is 31.9 Å². The summed E-state index contributed by atoms with van der Waals surface area (Å²) < 4.78 is 10.3. The van der Waals surface area contributed by atoms with Crippen molar-refractivity contribution in [2.75, 3.05) is 20.3 Å². The Morgan fingerprint density at radius 1 is 1.11 bits per heavy atom. The third kappa shape index (κ3) is 5.90. The molecule has 0 heterocycles. The molecule has 1 N–H and O–H groups in total. The fraction of sp³-hybridized carbons (Fsp3) is 0.429. The van der Waals surface area contributed by atoms with E-state index in [-0.39, 0.29) is 6.61 Å². The number of likely N-dealkylation sites (N-methyl/N-ethyl adjacent to an activating group) is 1. The van der Waals surface area contributed by atoms with Crippen LogP contribution in [0.25, 0.3) is 0 Å². The maximum absolute atomic E-state index is 11.0. The zero-order valence-electron chi connectivity index (χ0n) is 11.3. The topological polar surface area (TPSA) is 64.6 Å². The molecule has 19 heavy (non-hydrogen) atoms. The third-order valence-corrected chi connectivity index (χ3v) is 2.47. The van der Waals surface area contributed by atoms with Crippen LogP contribution in [0.1, 0.15) is 18.4 Å².